The van der Waals surface area contributed by atoms with Crippen molar-refractivity contribution in [1.82, 2.24) is 34.1 Å². The van der Waals surface area contributed by atoms with Crippen LogP contribution in [0, 0.1) is 104 Å². The van der Waals surface area contributed by atoms with Crippen LogP contribution in [0.3, 0.4) is 0 Å². The van der Waals surface area contributed by atoms with E-state index in [9.17, 15) is 0 Å². The molecule has 0 aliphatic carbocycles. The van der Waals surface area contributed by atoms with Crippen LogP contribution in [0.25, 0.3) is 86.7 Å². The molecule has 115 heavy (non-hydrogen) atoms. The number of benzene rings is 12. The Morgan fingerprint density at radius 3 is 0.887 bits per heavy atom. The number of hydrogen-bond donors (Lipinski definition) is 0. The maximum Gasteiger partial charge on any atom is 0.129 e. The highest BCUT2D eigenvalue weighted by molar-refractivity contribution is 6.10. The summed E-state index contributed by atoms with van der Waals surface area (Å²) in [7, 11) is 4.25. The van der Waals surface area contributed by atoms with Gasteiger partial charge < -0.3 is 9.13 Å². The van der Waals surface area contributed by atoms with Crippen molar-refractivity contribution < 1.29 is 0 Å². The fourth-order valence-electron chi connectivity index (χ4n) is 12.1. The molecule has 0 spiro atoms. The van der Waals surface area contributed by atoms with E-state index in [1.807, 2.05) is 179 Å². The van der Waals surface area contributed by atoms with Gasteiger partial charge >= 0.3 is 0 Å². The van der Waals surface area contributed by atoms with Crippen molar-refractivity contribution in [3.8, 4) is 0 Å². The molecule has 12 aromatic carbocycles. The average Bonchev–Trinajstić information content (AvgIpc) is 1.61. The Morgan fingerprint density at radius 2 is 0.478 bits per heavy atom. The van der Waals surface area contributed by atoms with Crippen LogP contribution in [0.2, 0.25) is 0 Å². The van der Waals surface area contributed by atoms with E-state index in [0.717, 1.165) is 28.9 Å². The minimum absolute atomic E-state index is 0.792. The normalized spacial score (nSPS) is 9.26. The van der Waals surface area contributed by atoms with Crippen LogP contribution in [0.4, 0.5) is 0 Å². The first-order chi connectivity index (χ1) is 55.6. The molecule has 4 heterocycles. The Morgan fingerprint density at radius 1 is 0.191 bits per heavy atom. The molecule has 0 fully saturated rings. The summed E-state index contributed by atoms with van der Waals surface area (Å²) >= 11 is 0. The van der Waals surface area contributed by atoms with Gasteiger partial charge in [0.15, 0.2) is 0 Å². The molecule has 0 N–H and O–H groups in total. The molecule has 0 atom stereocenters. The molecule has 4 aromatic heterocycles. The Labute approximate surface area is 700 Å². The lowest BCUT2D eigenvalue weighted by Crippen LogP contribution is -1.97. The largest absolute Gasteiger partial charge is 0.344 e. The molecule has 618 valence electrons. The number of aromatic nitrogens is 7. The predicted molar refractivity (Wildman–Crippen MR) is 523 cm³/mol. The highest BCUT2D eigenvalue weighted by Gasteiger charge is 2.09. The van der Waals surface area contributed by atoms with Gasteiger partial charge in [-0.05, 0) is 206 Å². The smallest absolute Gasteiger partial charge is 0.129 e. The van der Waals surface area contributed by atoms with Gasteiger partial charge in [0.1, 0.15) is 23.8 Å². The maximum atomic E-state index is 4.01. The van der Waals surface area contributed by atoms with Crippen molar-refractivity contribution >= 4 is 86.7 Å². The minimum atomic E-state index is 0.792. The molecule has 0 unspecified atom stereocenters. The standard InChI is InChI=1S/C16H14.2C14H13N.2C12H12.C8H10.C6H9N3.C6H8N2.10C2H6/c1-11-3-7-15-13(9-11)5-6-14-10-12(2)4-8-16(14)15;1-10-7-8-14-12(9-10)11-5-3-4-6-13(11)15(14)2;1-10-7-8-12-11-5-3-4-6-13(11)15(2)14(12)9-10;1-9-3-5-11-6-4-10(2)8-12(11)7-9;1-9-7-10(2)12-6-4-3-5-11(12)8-9;1-7-5-3-4-6-8(7)2;1-4-7-5(2)9-6(3)8-4;1-5-3-6(2)8-4-7-5;10*1-2/h3-10H,1-2H3;2*3-9H,1-2H3;2*3-8H,1-2H3;3-6H,1-2H3;1-3H3;3-4H,1-2H3;10*1-2H3. The third-order valence-corrected chi connectivity index (χ3v) is 17.0. The maximum absolute atomic E-state index is 4.01. The van der Waals surface area contributed by atoms with E-state index in [2.05, 4.69) is 348 Å². The summed E-state index contributed by atoms with van der Waals surface area (Å²) in [6.45, 7) is 70.8. The van der Waals surface area contributed by atoms with Gasteiger partial charge in [-0.25, -0.2) is 24.9 Å². The van der Waals surface area contributed by atoms with Crippen LogP contribution in [-0.4, -0.2) is 34.1 Å². The van der Waals surface area contributed by atoms with Crippen molar-refractivity contribution in [2.75, 3.05) is 0 Å². The summed E-state index contributed by atoms with van der Waals surface area (Å²) in [5, 5.41) is 16.1. The molecule has 0 aliphatic heterocycles. The minimum Gasteiger partial charge on any atom is -0.344 e. The molecule has 0 saturated heterocycles. The van der Waals surface area contributed by atoms with Crippen molar-refractivity contribution in [2.45, 2.75) is 242 Å². The second-order valence-electron chi connectivity index (χ2n) is 25.2. The Kier molecular flexibility index (Phi) is 56.4. The third-order valence-electron chi connectivity index (χ3n) is 17.0. The van der Waals surface area contributed by atoms with E-state index in [4.69, 9.17) is 0 Å². The van der Waals surface area contributed by atoms with Crippen molar-refractivity contribution in [3.63, 3.8) is 0 Å². The van der Waals surface area contributed by atoms with E-state index in [0.29, 0.717) is 0 Å². The summed E-state index contributed by atoms with van der Waals surface area (Å²) in [5.74, 6) is 2.38. The van der Waals surface area contributed by atoms with E-state index in [1.165, 1.54) is 142 Å². The highest BCUT2D eigenvalue weighted by Crippen LogP contribution is 2.31. The average molecular weight is 1550 g/mol. The van der Waals surface area contributed by atoms with Gasteiger partial charge in [-0.2, -0.15) is 0 Å². The predicted octanol–water partition coefficient (Wildman–Crippen LogP) is 33.3. The van der Waals surface area contributed by atoms with E-state index in [-0.39, 0.29) is 0 Å². The van der Waals surface area contributed by atoms with Gasteiger partial charge in [-0.1, -0.05) is 372 Å². The molecule has 0 aliphatic rings. The highest BCUT2D eigenvalue weighted by atomic mass is 15.0. The van der Waals surface area contributed by atoms with Crippen LogP contribution in [0.5, 0.6) is 0 Å². The summed E-state index contributed by atoms with van der Waals surface area (Å²) < 4.78 is 4.52. The zero-order valence-corrected chi connectivity index (χ0v) is 78.7. The summed E-state index contributed by atoms with van der Waals surface area (Å²) in [5.41, 5.74) is 20.6. The number of fused-ring (bicyclic) bond motifs is 11. The van der Waals surface area contributed by atoms with Crippen molar-refractivity contribution in [3.05, 3.63) is 327 Å². The van der Waals surface area contributed by atoms with Crippen molar-refractivity contribution in [1.29, 1.82) is 0 Å². The molecule has 7 nitrogen and oxygen atoms in total. The van der Waals surface area contributed by atoms with Gasteiger partial charge in [0, 0.05) is 69.1 Å². The molecule has 0 amide bonds. The number of para-hydroxylation sites is 2. The fourth-order valence-corrected chi connectivity index (χ4v) is 12.1. The quantitative estimate of drug-likeness (QED) is 0.141. The topological polar surface area (TPSA) is 74.3 Å². The Bertz CT molecular complexity index is 5110. The first kappa shape index (κ1) is 106. The zero-order chi connectivity index (χ0) is 87.9. The lowest BCUT2D eigenvalue weighted by Gasteiger charge is -2.05. The lowest BCUT2D eigenvalue weighted by atomic mass is 9.99. The summed E-state index contributed by atoms with van der Waals surface area (Å²) in [6.07, 6.45) is 1.57. The van der Waals surface area contributed by atoms with E-state index >= 15 is 0 Å². The number of hydrogen-bond acceptors (Lipinski definition) is 5. The fraction of sp³-hybridized carbons (Fsp3) is 0.343. The molecular formula is C108H151N7. The van der Waals surface area contributed by atoms with Gasteiger partial charge in [-0.3, -0.25) is 0 Å². The van der Waals surface area contributed by atoms with E-state index in [1.54, 1.807) is 6.33 Å². The monoisotopic (exact) mass is 1550 g/mol. The lowest BCUT2D eigenvalue weighted by molar-refractivity contribution is 0.875. The second kappa shape index (κ2) is 60.9. The summed E-state index contributed by atoms with van der Waals surface area (Å²) in [6, 6.07) is 84.4. The molecule has 0 saturated carbocycles. The van der Waals surface area contributed by atoms with Crippen LogP contribution < -0.4 is 0 Å². The Balaban J connectivity index is 0. The van der Waals surface area contributed by atoms with Gasteiger partial charge in [0.05, 0.1) is 0 Å². The first-order valence-corrected chi connectivity index (χ1v) is 42.7. The van der Waals surface area contributed by atoms with Crippen LogP contribution in [0.1, 0.15) is 223 Å². The molecule has 16 aromatic rings. The number of aryl methyl sites for hydroxylation is 17. The first-order valence-electron chi connectivity index (χ1n) is 42.7. The molecule has 0 bridgehead atoms. The van der Waals surface area contributed by atoms with Crippen LogP contribution in [-0.2, 0) is 14.1 Å². The molecule has 16 rings (SSSR count). The third kappa shape index (κ3) is 34.9. The van der Waals surface area contributed by atoms with Crippen LogP contribution in [0.15, 0.2) is 243 Å². The summed E-state index contributed by atoms with van der Waals surface area (Å²) in [4.78, 5) is 19.9. The van der Waals surface area contributed by atoms with Gasteiger partial charge in [0.2, 0.25) is 0 Å². The van der Waals surface area contributed by atoms with Gasteiger partial charge in [-0.15, -0.1) is 0 Å². The number of rotatable bonds is 0. The molecule has 7 heteroatoms. The zero-order valence-electron chi connectivity index (χ0n) is 78.7. The second-order valence-corrected chi connectivity index (χ2v) is 25.2. The SMILES string of the molecule is CC.CC.CC.CC.CC.CC.CC.CC.CC.CC.Cc1cc(C)c2ccccc2c1.Cc1cc(C)ncn1.Cc1ccc2c(c1)c1ccccc1n2C.Cc1ccc2c(ccc3cc(C)ccc32)c1.Cc1ccc2c3ccccc3n(C)c2c1.Cc1ccc2ccc(C)cc2c1.Cc1ccccc1C.Cc1nc(C)nc(C)n1. The Hall–Kier alpha value is -10.6. The molecule has 0 radical (unpaired) electrons. The van der Waals surface area contributed by atoms with Crippen molar-refractivity contribution in [2.24, 2.45) is 14.1 Å². The van der Waals surface area contributed by atoms with Crippen LogP contribution >= 0.6 is 0 Å². The van der Waals surface area contributed by atoms with E-state index < -0.39 is 0 Å². The number of nitrogens with zero attached hydrogens (tertiary/aromatic N) is 7. The molecular weight excluding hydrogens is 1400 g/mol. The van der Waals surface area contributed by atoms with Gasteiger partial charge in [0.25, 0.3) is 0 Å².